The van der Waals surface area contributed by atoms with E-state index >= 15 is 0 Å². The van der Waals surface area contributed by atoms with Crippen LogP contribution < -0.4 is 4.80 Å². The number of nitrogens with one attached hydrogen (secondary N) is 1. The Kier molecular flexibility index (Phi) is 5.83. The van der Waals surface area contributed by atoms with Crippen LogP contribution in [0.3, 0.4) is 0 Å². The Balaban J connectivity index is 1.36. The Morgan fingerprint density at radius 3 is 2.75 bits per heavy atom. The summed E-state index contributed by atoms with van der Waals surface area (Å²) in [6, 6.07) is 12.0. The molecular weight excluding hydrogens is 397 g/mol. The summed E-state index contributed by atoms with van der Waals surface area (Å²) in [4.78, 5) is 2.80. The Labute approximate surface area is 172 Å². The van der Waals surface area contributed by atoms with Crippen LogP contribution >= 0.6 is 22.9 Å². The minimum Gasteiger partial charge on any atom is -0.387 e. The molecule has 1 aromatic heterocycles. The molecule has 0 unspecified atom stereocenters. The highest BCUT2D eigenvalue weighted by atomic mass is 35.5. The summed E-state index contributed by atoms with van der Waals surface area (Å²) in [6.45, 7) is 3.16. The van der Waals surface area contributed by atoms with Crippen molar-refractivity contribution in [2.75, 3.05) is 19.6 Å². The first-order chi connectivity index (χ1) is 13.5. The van der Waals surface area contributed by atoms with Gasteiger partial charge in [0.2, 0.25) is 0 Å². The van der Waals surface area contributed by atoms with E-state index in [0.29, 0.717) is 27.9 Å². The summed E-state index contributed by atoms with van der Waals surface area (Å²) in [7, 11) is 0. The van der Waals surface area contributed by atoms with Crippen molar-refractivity contribution >= 4 is 33.2 Å². The van der Waals surface area contributed by atoms with Gasteiger partial charge in [0.25, 0.3) is 0 Å². The molecule has 2 aromatic carbocycles. The third-order valence-electron chi connectivity index (χ3n) is 5.48. The van der Waals surface area contributed by atoms with Gasteiger partial charge in [-0.1, -0.05) is 35.1 Å². The van der Waals surface area contributed by atoms with E-state index in [4.69, 9.17) is 17.0 Å². The van der Waals surface area contributed by atoms with Crippen LogP contribution in [0.5, 0.6) is 0 Å². The number of thiazole rings is 1. The summed E-state index contributed by atoms with van der Waals surface area (Å²) in [5.41, 5.74) is 1.70. The van der Waals surface area contributed by atoms with Gasteiger partial charge >= 0.3 is 0 Å². The monoisotopic (exact) mass is 419 g/mol. The molecule has 0 spiro atoms. The van der Waals surface area contributed by atoms with Crippen molar-refractivity contribution in [3.63, 3.8) is 0 Å². The largest absolute Gasteiger partial charge is 0.387 e. The number of rotatable bonds is 5. The van der Waals surface area contributed by atoms with E-state index < -0.39 is 6.10 Å². The van der Waals surface area contributed by atoms with Gasteiger partial charge in [-0.3, -0.25) is 5.41 Å². The lowest BCUT2D eigenvalue weighted by molar-refractivity contribution is 0.0865. The third kappa shape index (κ3) is 4.30. The molecule has 1 fully saturated rings. The van der Waals surface area contributed by atoms with Crippen molar-refractivity contribution in [2.45, 2.75) is 25.5 Å². The minimum atomic E-state index is -0.674. The van der Waals surface area contributed by atoms with Crippen molar-refractivity contribution in [1.29, 1.82) is 5.41 Å². The van der Waals surface area contributed by atoms with Gasteiger partial charge < -0.3 is 14.6 Å². The van der Waals surface area contributed by atoms with Crippen molar-refractivity contribution in [2.24, 2.45) is 5.92 Å². The molecule has 1 atom stereocenters. The molecule has 4 nitrogen and oxygen atoms in total. The van der Waals surface area contributed by atoms with Gasteiger partial charge in [-0.15, -0.1) is 0 Å². The van der Waals surface area contributed by atoms with Crippen molar-refractivity contribution in [1.82, 2.24) is 9.47 Å². The van der Waals surface area contributed by atoms with E-state index in [-0.39, 0.29) is 5.82 Å². The SMILES string of the molecule is N=c1sc2cc(Cl)ccc2n1CC1CCN(C[C@H](O)c2cccc(F)c2)CC1. The number of aliphatic hydroxyl groups excluding tert-OH is 1. The quantitative estimate of drug-likeness (QED) is 0.643. The molecule has 28 heavy (non-hydrogen) atoms. The van der Waals surface area contributed by atoms with E-state index in [9.17, 15) is 9.50 Å². The first kappa shape index (κ1) is 19.6. The summed E-state index contributed by atoms with van der Waals surface area (Å²) in [6.07, 6.45) is 1.37. The topological polar surface area (TPSA) is 52.2 Å². The highest BCUT2D eigenvalue weighted by Crippen LogP contribution is 2.26. The predicted octanol–water partition coefficient (Wildman–Crippen LogP) is 4.42. The van der Waals surface area contributed by atoms with E-state index in [2.05, 4.69) is 9.47 Å². The molecule has 1 aliphatic rings. The zero-order valence-corrected chi connectivity index (χ0v) is 17.0. The molecule has 0 bridgehead atoms. The standard InChI is InChI=1S/C21H23ClFN3OS/c22-16-4-5-18-20(11-16)28-21(24)26(18)12-14-6-8-25(9-7-14)13-19(27)15-2-1-3-17(23)10-15/h1-5,10-11,14,19,24,27H,6-9,12-13H2/t19-/m0/s1. The smallest absolute Gasteiger partial charge is 0.182 e. The highest BCUT2D eigenvalue weighted by molar-refractivity contribution is 7.16. The second-order valence-corrected chi connectivity index (χ2v) is 8.91. The number of aromatic nitrogens is 1. The molecule has 2 N–H and O–H groups in total. The first-order valence-electron chi connectivity index (χ1n) is 9.49. The predicted molar refractivity (Wildman–Crippen MR) is 111 cm³/mol. The van der Waals surface area contributed by atoms with Crippen LogP contribution in [0.2, 0.25) is 5.02 Å². The molecule has 148 valence electrons. The number of fused-ring (bicyclic) bond motifs is 1. The van der Waals surface area contributed by atoms with Gasteiger partial charge in [-0.25, -0.2) is 4.39 Å². The van der Waals surface area contributed by atoms with Crippen LogP contribution in [0.1, 0.15) is 24.5 Å². The molecular formula is C21H23ClFN3OS. The molecule has 0 aliphatic carbocycles. The first-order valence-corrected chi connectivity index (χ1v) is 10.7. The minimum absolute atomic E-state index is 0.317. The number of hydrogen-bond donors (Lipinski definition) is 2. The maximum absolute atomic E-state index is 13.4. The zero-order valence-electron chi connectivity index (χ0n) is 15.4. The molecule has 0 amide bonds. The fourth-order valence-corrected chi connectivity index (χ4v) is 5.11. The molecule has 7 heteroatoms. The van der Waals surface area contributed by atoms with Crippen molar-refractivity contribution < 1.29 is 9.50 Å². The molecule has 2 heterocycles. The van der Waals surface area contributed by atoms with Crippen LogP contribution in [-0.4, -0.2) is 34.2 Å². The number of nitrogens with zero attached hydrogens (tertiary/aromatic N) is 2. The zero-order chi connectivity index (χ0) is 19.7. The Morgan fingerprint density at radius 2 is 2.00 bits per heavy atom. The average molecular weight is 420 g/mol. The number of piperidine rings is 1. The molecule has 0 saturated carbocycles. The normalized spacial score (nSPS) is 17.2. The third-order valence-corrected chi connectivity index (χ3v) is 6.67. The number of hydrogen-bond acceptors (Lipinski definition) is 4. The van der Waals surface area contributed by atoms with Crippen LogP contribution in [0, 0.1) is 17.1 Å². The van der Waals surface area contributed by atoms with Gasteiger partial charge in [0.05, 0.1) is 16.3 Å². The van der Waals surface area contributed by atoms with Crippen molar-refractivity contribution in [3.8, 4) is 0 Å². The second kappa shape index (κ2) is 8.33. The van der Waals surface area contributed by atoms with Crippen LogP contribution in [0.15, 0.2) is 42.5 Å². The maximum atomic E-state index is 13.4. The van der Waals surface area contributed by atoms with Gasteiger partial charge in [0, 0.05) is 18.1 Å². The molecule has 3 aromatic rings. The molecule has 4 rings (SSSR count). The Hall–Kier alpha value is -1.73. The lowest BCUT2D eigenvalue weighted by Gasteiger charge is -2.33. The van der Waals surface area contributed by atoms with Gasteiger partial charge in [-0.05, 0) is 67.7 Å². The molecule has 1 saturated heterocycles. The van der Waals surface area contributed by atoms with E-state index in [1.165, 1.54) is 23.5 Å². The fraction of sp³-hybridized carbons (Fsp3) is 0.381. The lowest BCUT2D eigenvalue weighted by Crippen LogP contribution is -2.38. The Bertz CT molecular complexity index is 1030. The summed E-state index contributed by atoms with van der Waals surface area (Å²) in [5, 5.41) is 19.4. The summed E-state index contributed by atoms with van der Waals surface area (Å²) < 4.78 is 16.5. The van der Waals surface area contributed by atoms with E-state index in [1.807, 2.05) is 18.2 Å². The van der Waals surface area contributed by atoms with Gasteiger partial charge in [0.1, 0.15) is 5.82 Å². The number of β-amino-alcohol motifs (C(OH)–C–C–N with tert-alkyl or cyclic N) is 1. The van der Waals surface area contributed by atoms with E-state index in [0.717, 1.165) is 42.7 Å². The number of halogens is 2. The highest BCUT2D eigenvalue weighted by Gasteiger charge is 2.23. The van der Waals surface area contributed by atoms with Crippen LogP contribution in [-0.2, 0) is 6.54 Å². The van der Waals surface area contributed by atoms with Gasteiger partial charge in [0.15, 0.2) is 4.80 Å². The summed E-state index contributed by atoms with van der Waals surface area (Å²) >= 11 is 7.53. The van der Waals surface area contributed by atoms with Crippen molar-refractivity contribution in [3.05, 3.63) is 63.7 Å². The van der Waals surface area contributed by atoms with Crippen LogP contribution in [0.25, 0.3) is 10.2 Å². The Morgan fingerprint density at radius 1 is 1.21 bits per heavy atom. The second-order valence-electron chi connectivity index (χ2n) is 7.44. The fourth-order valence-electron chi connectivity index (χ4n) is 3.92. The van der Waals surface area contributed by atoms with E-state index in [1.54, 1.807) is 12.1 Å². The average Bonchev–Trinajstić information content (AvgIpc) is 2.97. The maximum Gasteiger partial charge on any atom is 0.182 e. The van der Waals surface area contributed by atoms with Crippen LogP contribution in [0.4, 0.5) is 4.39 Å². The summed E-state index contributed by atoms with van der Waals surface area (Å²) in [5.74, 6) is 0.188. The number of aliphatic hydroxyl groups is 1. The lowest BCUT2D eigenvalue weighted by atomic mass is 9.96. The molecule has 1 aliphatic heterocycles. The number of likely N-dealkylation sites (tertiary alicyclic amines) is 1. The number of benzene rings is 2. The van der Waals surface area contributed by atoms with Gasteiger partial charge in [-0.2, -0.15) is 0 Å². The molecule has 0 radical (unpaired) electrons.